The molecule has 0 saturated heterocycles. The molecule has 0 unspecified atom stereocenters. The first kappa shape index (κ1) is 12.6. The van der Waals surface area contributed by atoms with Gasteiger partial charge in [-0.1, -0.05) is 30.8 Å². The standard InChI is InChI=1S/C14H20N2O3/c17-13(18)14(7-3-1-2-4-8-14)9-11-15-12(16-19-11)10-5-6-10/h10H,1-9H2,(H,17,18). The van der Waals surface area contributed by atoms with Crippen molar-refractivity contribution >= 4 is 5.97 Å². The van der Waals surface area contributed by atoms with E-state index in [2.05, 4.69) is 10.1 Å². The summed E-state index contributed by atoms with van der Waals surface area (Å²) in [5.41, 5.74) is -0.691. The predicted molar refractivity (Wildman–Crippen MR) is 67.7 cm³/mol. The monoisotopic (exact) mass is 264 g/mol. The molecule has 0 radical (unpaired) electrons. The highest BCUT2D eigenvalue weighted by molar-refractivity contribution is 5.74. The fraction of sp³-hybridized carbons (Fsp3) is 0.786. The Morgan fingerprint density at radius 3 is 2.53 bits per heavy atom. The molecule has 1 aromatic rings. The van der Waals surface area contributed by atoms with Gasteiger partial charge in [-0.05, 0) is 25.7 Å². The van der Waals surface area contributed by atoms with Crippen LogP contribution in [0.3, 0.4) is 0 Å². The van der Waals surface area contributed by atoms with Crippen LogP contribution >= 0.6 is 0 Å². The van der Waals surface area contributed by atoms with Crippen LogP contribution in [0.4, 0.5) is 0 Å². The van der Waals surface area contributed by atoms with E-state index >= 15 is 0 Å². The van der Waals surface area contributed by atoms with E-state index in [9.17, 15) is 9.90 Å². The summed E-state index contributed by atoms with van der Waals surface area (Å²) in [4.78, 5) is 16.1. The second-order valence-electron chi connectivity index (χ2n) is 6.00. The van der Waals surface area contributed by atoms with Crippen LogP contribution in [0.15, 0.2) is 4.52 Å². The Bertz CT molecular complexity index is 457. The van der Waals surface area contributed by atoms with Gasteiger partial charge in [-0.25, -0.2) is 0 Å². The highest BCUT2D eigenvalue weighted by Gasteiger charge is 2.41. The van der Waals surface area contributed by atoms with Gasteiger partial charge in [-0.3, -0.25) is 4.79 Å². The molecule has 2 aliphatic rings. The van der Waals surface area contributed by atoms with Gasteiger partial charge in [-0.2, -0.15) is 4.98 Å². The third-order valence-electron chi connectivity index (χ3n) is 4.43. The van der Waals surface area contributed by atoms with Crippen molar-refractivity contribution in [2.45, 2.75) is 63.7 Å². The zero-order valence-corrected chi connectivity index (χ0v) is 11.1. The Morgan fingerprint density at radius 2 is 1.95 bits per heavy atom. The molecule has 1 N–H and O–H groups in total. The predicted octanol–water partition coefficient (Wildman–Crippen LogP) is 2.91. The number of carboxylic acid groups (broad SMARTS) is 1. The summed E-state index contributed by atoms with van der Waals surface area (Å²) in [6, 6.07) is 0. The number of carboxylic acids is 1. The van der Waals surface area contributed by atoms with Crippen LogP contribution in [0.2, 0.25) is 0 Å². The van der Waals surface area contributed by atoms with Crippen molar-refractivity contribution in [3.63, 3.8) is 0 Å². The molecule has 2 aliphatic carbocycles. The largest absolute Gasteiger partial charge is 0.481 e. The fourth-order valence-electron chi connectivity index (χ4n) is 3.01. The van der Waals surface area contributed by atoms with E-state index in [1.807, 2.05) is 0 Å². The lowest BCUT2D eigenvalue weighted by Crippen LogP contribution is -2.33. The summed E-state index contributed by atoms with van der Waals surface area (Å²) in [5, 5.41) is 13.6. The van der Waals surface area contributed by atoms with Crippen molar-refractivity contribution < 1.29 is 14.4 Å². The minimum atomic E-state index is -0.708. The Kier molecular flexibility index (Phi) is 3.29. The summed E-state index contributed by atoms with van der Waals surface area (Å²) in [5.74, 6) is 1.02. The fourth-order valence-corrected chi connectivity index (χ4v) is 3.01. The van der Waals surface area contributed by atoms with E-state index in [0.717, 1.165) is 57.2 Å². The van der Waals surface area contributed by atoms with Crippen LogP contribution in [0, 0.1) is 5.41 Å². The van der Waals surface area contributed by atoms with Crippen LogP contribution in [0.1, 0.15) is 69.0 Å². The Hall–Kier alpha value is -1.39. The smallest absolute Gasteiger partial charge is 0.310 e. The van der Waals surface area contributed by atoms with E-state index in [1.165, 1.54) is 0 Å². The van der Waals surface area contributed by atoms with E-state index in [4.69, 9.17) is 4.52 Å². The molecule has 3 rings (SSSR count). The van der Waals surface area contributed by atoms with Gasteiger partial charge >= 0.3 is 5.97 Å². The Morgan fingerprint density at radius 1 is 1.26 bits per heavy atom. The normalized spacial score (nSPS) is 22.9. The number of hydrogen-bond donors (Lipinski definition) is 1. The average Bonchev–Trinajstić information content (AvgIpc) is 3.16. The molecule has 0 atom stereocenters. The second kappa shape index (κ2) is 4.94. The topological polar surface area (TPSA) is 76.2 Å². The molecule has 2 saturated carbocycles. The molecule has 1 aromatic heterocycles. The van der Waals surface area contributed by atoms with E-state index in [1.54, 1.807) is 0 Å². The van der Waals surface area contributed by atoms with Gasteiger partial charge in [0.25, 0.3) is 0 Å². The molecule has 0 aromatic carbocycles. The Labute approximate surface area is 112 Å². The quantitative estimate of drug-likeness (QED) is 0.846. The summed E-state index contributed by atoms with van der Waals surface area (Å²) in [6.45, 7) is 0. The van der Waals surface area contributed by atoms with Crippen molar-refractivity contribution in [1.82, 2.24) is 10.1 Å². The van der Waals surface area contributed by atoms with Crippen LogP contribution < -0.4 is 0 Å². The number of hydrogen-bond acceptors (Lipinski definition) is 4. The first-order valence-electron chi connectivity index (χ1n) is 7.25. The first-order valence-corrected chi connectivity index (χ1v) is 7.25. The highest BCUT2D eigenvalue weighted by Crippen LogP contribution is 2.40. The Balaban J connectivity index is 1.77. The number of nitrogens with zero attached hydrogens (tertiary/aromatic N) is 2. The SMILES string of the molecule is O=C(O)C1(Cc2nc(C3CC3)no2)CCCCCC1. The number of aliphatic carboxylic acids is 1. The summed E-state index contributed by atoms with van der Waals surface area (Å²) >= 11 is 0. The third-order valence-corrected chi connectivity index (χ3v) is 4.43. The highest BCUT2D eigenvalue weighted by atomic mass is 16.5. The second-order valence-corrected chi connectivity index (χ2v) is 6.00. The van der Waals surface area contributed by atoms with Gasteiger partial charge in [-0.15, -0.1) is 0 Å². The van der Waals surface area contributed by atoms with Crippen LogP contribution in [-0.4, -0.2) is 21.2 Å². The molecule has 0 spiro atoms. The zero-order valence-electron chi connectivity index (χ0n) is 11.1. The van der Waals surface area contributed by atoms with Crippen LogP contribution in [0.5, 0.6) is 0 Å². The number of rotatable bonds is 4. The maximum absolute atomic E-state index is 11.7. The molecule has 2 fully saturated rings. The molecule has 0 amide bonds. The molecular weight excluding hydrogens is 244 g/mol. The van der Waals surface area contributed by atoms with Gasteiger partial charge in [0.05, 0.1) is 5.41 Å². The number of aromatic nitrogens is 2. The summed E-state index contributed by atoms with van der Waals surface area (Å²) < 4.78 is 5.26. The molecule has 19 heavy (non-hydrogen) atoms. The van der Waals surface area contributed by atoms with Gasteiger partial charge in [0, 0.05) is 12.3 Å². The van der Waals surface area contributed by atoms with Crippen molar-refractivity contribution in [2.24, 2.45) is 5.41 Å². The molecule has 104 valence electrons. The van der Waals surface area contributed by atoms with Crippen molar-refractivity contribution in [3.05, 3.63) is 11.7 Å². The molecule has 1 heterocycles. The maximum atomic E-state index is 11.7. The first-order chi connectivity index (χ1) is 9.20. The van der Waals surface area contributed by atoms with Gasteiger partial charge < -0.3 is 9.63 Å². The molecule has 0 bridgehead atoms. The maximum Gasteiger partial charge on any atom is 0.310 e. The van der Waals surface area contributed by atoms with Crippen LogP contribution in [-0.2, 0) is 11.2 Å². The van der Waals surface area contributed by atoms with Crippen molar-refractivity contribution in [1.29, 1.82) is 0 Å². The van der Waals surface area contributed by atoms with Crippen molar-refractivity contribution in [3.8, 4) is 0 Å². The molecule has 0 aliphatic heterocycles. The number of carbonyl (C=O) groups is 1. The molecular formula is C14H20N2O3. The van der Waals surface area contributed by atoms with Crippen molar-refractivity contribution in [2.75, 3.05) is 0 Å². The average molecular weight is 264 g/mol. The lowest BCUT2D eigenvalue weighted by atomic mass is 9.77. The lowest BCUT2D eigenvalue weighted by molar-refractivity contribution is -0.150. The van der Waals surface area contributed by atoms with Gasteiger partial charge in [0.2, 0.25) is 5.89 Å². The van der Waals surface area contributed by atoms with E-state index < -0.39 is 11.4 Å². The minimum absolute atomic E-state index is 0.391. The van der Waals surface area contributed by atoms with Crippen LogP contribution in [0.25, 0.3) is 0 Å². The zero-order chi connectivity index (χ0) is 13.3. The van der Waals surface area contributed by atoms with Gasteiger partial charge in [0.15, 0.2) is 5.82 Å². The van der Waals surface area contributed by atoms with E-state index in [-0.39, 0.29) is 0 Å². The minimum Gasteiger partial charge on any atom is -0.481 e. The third kappa shape index (κ3) is 2.65. The molecule has 5 heteroatoms. The summed E-state index contributed by atoms with van der Waals surface area (Å²) in [6.07, 6.45) is 8.32. The van der Waals surface area contributed by atoms with E-state index in [0.29, 0.717) is 18.2 Å². The lowest BCUT2D eigenvalue weighted by Gasteiger charge is -2.26. The van der Waals surface area contributed by atoms with Gasteiger partial charge in [0.1, 0.15) is 0 Å². The molecule has 5 nitrogen and oxygen atoms in total. The summed E-state index contributed by atoms with van der Waals surface area (Å²) in [7, 11) is 0.